The van der Waals surface area contributed by atoms with Crippen molar-refractivity contribution in [3.05, 3.63) is 59.7 Å². The Morgan fingerprint density at radius 1 is 1.04 bits per heavy atom. The molecular formula is C20H20N4O3. The predicted molar refractivity (Wildman–Crippen MR) is 99.3 cm³/mol. The highest BCUT2D eigenvalue weighted by Gasteiger charge is 2.54. The number of anilines is 1. The van der Waals surface area contributed by atoms with Gasteiger partial charge in [0.2, 0.25) is 0 Å². The fraction of sp³-hybridized carbons (Fsp3) is 0.300. The zero-order valence-corrected chi connectivity index (χ0v) is 15.2. The summed E-state index contributed by atoms with van der Waals surface area (Å²) in [6, 6.07) is 13.5. The van der Waals surface area contributed by atoms with Gasteiger partial charge in [-0.1, -0.05) is 36.4 Å². The third-order valence-corrected chi connectivity index (χ3v) is 4.94. The van der Waals surface area contributed by atoms with Crippen molar-refractivity contribution in [3.8, 4) is 5.75 Å². The van der Waals surface area contributed by atoms with Crippen LogP contribution in [0.5, 0.6) is 5.75 Å². The van der Waals surface area contributed by atoms with Crippen LogP contribution in [-0.4, -0.2) is 36.0 Å². The molecular weight excluding hydrogens is 344 g/mol. The molecule has 27 heavy (non-hydrogen) atoms. The fourth-order valence-electron chi connectivity index (χ4n) is 3.45. The van der Waals surface area contributed by atoms with Gasteiger partial charge in [-0.2, -0.15) is 5.11 Å². The van der Waals surface area contributed by atoms with Gasteiger partial charge in [0.25, 0.3) is 11.8 Å². The Labute approximate surface area is 157 Å². The highest BCUT2D eigenvalue weighted by Crippen LogP contribution is 2.33. The molecule has 0 aromatic heterocycles. The molecule has 138 valence electrons. The number of aryl methyl sites for hydroxylation is 1. The smallest absolute Gasteiger partial charge is 0.263 e. The molecule has 7 heteroatoms. The lowest BCUT2D eigenvalue weighted by molar-refractivity contribution is -0.123. The number of carbonyl (C=O) groups is 2. The summed E-state index contributed by atoms with van der Waals surface area (Å²) in [7, 11) is 1.60. The van der Waals surface area contributed by atoms with Crippen LogP contribution in [0.4, 0.5) is 5.69 Å². The number of methoxy groups -OCH3 is 1. The summed E-state index contributed by atoms with van der Waals surface area (Å²) >= 11 is 0. The molecule has 0 bridgehead atoms. The standard InChI is InChI=1S/C20H20N4O3/c1-3-13-7-9-15(10-8-13)24-19(25)17-18(20(24)26)23(22-21-17)12-14-5-4-6-16(11-14)27-2/h4-11,17-18H,3,12H2,1-2H3/t17-,18-/m1/s1. The number of rotatable bonds is 5. The van der Waals surface area contributed by atoms with Gasteiger partial charge in [-0.05, 0) is 41.8 Å². The van der Waals surface area contributed by atoms with Gasteiger partial charge in [0.15, 0.2) is 12.1 Å². The molecule has 2 amide bonds. The van der Waals surface area contributed by atoms with Crippen LogP contribution < -0.4 is 9.64 Å². The zero-order chi connectivity index (χ0) is 19.0. The molecule has 2 heterocycles. The van der Waals surface area contributed by atoms with Gasteiger partial charge in [0.1, 0.15) is 5.75 Å². The number of carbonyl (C=O) groups excluding carboxylic acids is 2. The molecule has 0 N–H and O–H groups in total. The summed E-state index contributed by atoms with van der Waals surface area (Å²) in [4.78, 5) is 27.0. The molecule has 0 spiro atoms. The van der Waals surface area contributed by atoms with Gasteiger partial charge in [0.05, 0.1) is 19.3 Å². The van der Waals surface area contributed by atoms with E-state index in [-0.39, 0.29) is 11.8 Å². The Balaban J connectivity index is 1.57. The molecule has 2 aromatic carbocycles. The van der Waals surface area contributed by atoms with E-state index in [1.807, 2.05) is 36.4 Å². The summed E-state index contributed by atoms with van der Waals surface area (Å²) < 4.78 is 5.24. The summed E-state index contributed by atoms with van der Waals surface area (Å²) in [5, 5.41) is 9.73. The van der Waals surface area contributed by atoms with Gasteiger partial charge in [-0.15, -0.1) is 0 Å². The van der Waals surface area contributed by atoms with Crippen molar-refractivity contribution in [2.45, 2.75) is 32.0 Å². The lowest BCUT2D eigenvalue weighted by Gasteiger charge is -2.21. The zero-order valence-electron chi connectivity index (χ0n) is 15.2. The average molecular weight is 364 g/mol. The first kappa shape index (κ1) is 17.2. The van der Waals surface area contributed by atoms with Gasteiger partial charge in [-0.25, -0.2) is 4.90 Å². The van der Waals surface area contributed by atoms with Crippen LogP contribution in [0.25, 0.3) is 0 Å². The molecule has 1 fully saturated rings. The Morgan fingerprint density at radius 2 is 1.81 bits per heavy atom. The fourth-order valence-corrected chi connectivity index (χ4v) is 3.45. The summed E-state index contributed by atoms with van der Waals surface area (Å²) in [6.07, 6.45) is 0.899. The van der Waals surface area contributed by atoms with Gasteiger partial charge in [-0.3, -0.25) is 14.6 Å². The van der Waals surface area contributed by atoms with E-state index in [0.29, 0.717) is 12.2 Å². The van der Waals surface area contributed by atoms with Crippen LogP contribution >= 0.6 is 0 Å². The number of hydrogen-bond acceptors (Lipinski definition) is 6. The number of ether oxygens (including phenoxy) is 1. The van der Waals surface area contributed by atoms with Crippen molar-refractivity contribution >= 4 is 17.5 Å². The largest absolute Gasteiger partial charge is 0.497 e. The molecule has 2 aliphatic heterocycles. The molecule has 0 unspecified atom stereocenters. The molecule has 4 rings (SSSR count). The van der Waals surface area contributed by atoms with E-state index in [4.69, 9.17) is 4.74 Å². The van der Waals surface area contributed by atoms with Crippen molar-refractivity contribution in [3.63, 3.8) is 0 Å². The number of imide groups is 1. The quantitative estimate of drug-likeness (QED) is 0.765. The van der Waals surface area contributed by atoms with Crippen molar-refractivity contribution in [1.82, 2.24) is 5.01 Å². The first-order chi connectivity index (χ1) is 13.1. The average Bonchev–Trinajstić information content (AvgIpc) is 3.22. The van der Waals surface area contributed by atoms with E-state index in [9.17, 15) is 9.59 Å². The van der Waals surface area contributed by atoms with Crippen LogP contribution in [0.3, 0.4) is 0 Å². The maximum Gasteiger partial charge on any atom is 0.263 e. The topological polar surface area (TPSA) is 74.6 Å². The Kier molecular flexibility index (Phi) is 4.35. The number of fused-ring (bicyclic) bond motifs is 1. The first-order valence-corrected chi connectivity index (χ1v) is 8.89. The Bertz CT molecular complexity index is 910. The number of amides is 2. The van der Waals surface area contributed by atoms with Crippen molar-refractivity contribution in [1.29, 1.82) is 0 Å². The van der Waals surface area contributed by atoms with Crippen molar-refractivity contribution < 1.29 is 14.3 Å². The second-order valence-corrected chi connectivity index (χ2v) is 6.58. The predicted octanol–water partition coefficient (Wildman–Crippen LogP) is 2.75. The normalized spacial score (nSPS) is 21.1. The minimum Gasteiger partial charge on any atom is -0.497 e. The minimum atomic E-state index is -0.783. The monoisotopic (exact) mass is 364 g/mol. The van der Waals surface area contributed by atoms with Gasteiger partial charge >= 0.3 is 0 Å². The van der Waals surface area contributed by atoms with Crippen LogP contribution in [0.2, 0.25) is 0 Å². The molecule has 0 radical (unpaired) electrons. The molecule has 7 nitrogen and oxygen atoms in total. The van der Waals surface area contributed by atoms with E-state index < -0.39 is 12.1 Å². The van der Waals surface area contributed by atoms with E-state index in [1.165, 1.54) is 4.90 Å². The molecule has 2 atom stereocenters. The van der Waals surface area contributed by atoms with Gasteiger partial charge < -0.3 is 4.74 Å². The molecule has 0 aliphatic carbocycles. The summed E-state index contributed by atoms with van der Waals surface area (Å²) in [5.74, 6) is 0.111. The van der Waals surface area contributed by atoms with E-state index in [2.05, 4.69) is 17.3 Å². The Hall–Kier alpha value is -3.22. The lowest BCUT2D eigenvalue weighted by Crippen LogP contribution is -2.39. The third-order valence-electron chi connectivity index (χ3n) is 4.94. The summed E-state index contributed by atoms with van der Waals surface area (Å²) in [5.41, 5.74) is 2.66. The second-order valence-electron chi connectivity index (χ2n) is 6.58. The maximum atomic E-state index is 13.0. The minimum absolute atomic E-state index is 0.290. The van der Waals surface area contributed by atoms with Crippen LogP contribution in [-0.2, 0) is 22.6 Å². The highest BCUT2D eigenvalue weighted by molar-refractivity contribution is 6.25. The molecule has 1 saturated heterocycles. The second kappa shape index (κ2) is 6.83. The van der Waals surface area contributed by atoms with Crippen molar-refractivity contribution in [2.24, 2.45) is 10.3 Å². The Morgan fingerprint density at radius 3 is 2.52 bits per heavy atom. The van der Waals surface area contributed by atoms with E-state index in [1.54, 1.807) is 24.3 Å². The number of hydrogen-bond donors (Lipinski definition) is 0. The van der Waals surface area contributed by atoms with E-state index in [0.717, 1.165) is 23.3 Å². The molecule has 2 aromatic rings. The van der Waals surface area contributed by atoms with Crippen LogP contribution in [0.1, 0.15) is 18.1 Å². The van der Waals surface area contributed by atoms with Crippen LogP contribution in [0, 0.1) is 0 Å². The lowest BCUT2D eigenvalue weighted by atomic mass is 10.1. The highest BCUT2D eigenvalue weighted by atomic mass is 16.5. The number of benzene rings is 2. The van der Waals surface area contributed by atoms with Crippen molar-refractivity contribution in [2.75, 3.05) is 12.0 Å². The summed E-state index contributed by atoms with van der Waals surface area (Å²) in [6.45, 7) is 2.44. The SMILES string of the molecule is CCc1ccc(N2C(=O)[C@@H]3N=NN(Cc4cccc(OC)c4)[C@H]3C2=O)cc1. The number of nitrogens with zero attached hydrogens (tertiary/aromatic N) is 4. The third kappa shape index (κ3) is 2.95. The molecule has 2 aliphatic rings. The maximum absolute atomic E-state index is 13.0. The van der Waals surface area contributed by atoms with Gasteiger partial charge in [0, 0.05) is 0 Å². The van der Waals surface area contributed by atoms with E-state index >= 15 is 0 Å². The first-order valence-electron chi connectivity index (χ1n) is 8.89. The molecule has 0 saturated carbocycles. The van der Waals surface area contributed by atoms with Crippen LogP contribution in [0.15, 0.2) is 58.9 Å².